The first-order valence-corrected chi connectivity index (χ1v) is 15.9. The van der Waals surface area contributed by atoms with Gasteiger partial charge in [-0.05, 0) is 0 Å². The monoisotopic (exact) mass is 599 g/mol. The Morgan fingerprint density at radius 1 is 0.767 bits per heavy atom. The van der Waals surface area contributed by atoms with Gasteiger partial charge in [0.15, 0.2) is 12.7 Å². The molecule has 0 unspecified atom stereocenters. The molecule has 2 aromatic rings. The number of ether oxygens (including phenoxy) is 2. The van der Waals surface area contributed by atoms with Crippen molar-refractivity contribution < 1.29 is 37.6 Å². The van der Waals surface area contributed by atoms with Crippen LogP contribution in [0, 0.1) is 0 Å². The molecule has 0 aromatic carbocycles. The van der Waals surface area contributed by atoms with E-state index in [0.29, 0.717) is 12.8 Å². The molecule has 0 spiro atoms. The van der Waals surface area contributed by atoms with Crippen molar-refractivity contribution in [2.45, 2.75) is 104 Å². The van der Waals surface area contributed by atoms with E-state index < -0.39 is 18.6 Å². The number of imide groups is 2. The highest BCUT2D eigenvalue weighted by molar-refractivity contribution is 6.62. The summed E-state index contributed by atoms with van der Waals surface area (Å²) in [4.78, 5) is 52.2. The summed E-state index contributed by atoms with van der Waals surface area (Å²) in [6.07, 6.45) is 13.8. The molecule has 4 heterocycles. The first-order valence-electron chi connectivity index (χ1n) is 15.9. The van der Waals surface area contributed by atoms with E-state index in [-0.39, 0.29) is 50.0 Å². The smallest absolute Gasteiger partial charge is 0.416 e. The van der Waals surface area contributed by atoms with Gasteiger partial charge in [-0.2, -0.15) is 0 Å². The Morgan fingerprint density at radius 2 is 1.16 bits per heavy atom. The fourth-order valence-electron chi connectivity index (χ4n) is 6.67. The molecule has 2 fully saturated rings. The zero-order chi connectivity index (χ0) is 31.3. The molecule has 0 saturated carbocycles. The topological polar surface area (TPSA) is 111 Å². The summed E-state index contributed by atoms with van der Waals surface area (Å²) in [5.41, 5.74) is 2.03. The molecule has 13 heteroatoms. The van der Waals surface area contributed by atoms with Crippen molar-refractivity contribution >= 4 is 30.4 Å². The summed E-state index contributed by atoms with van der Waals surface area (Å²) in [6, 6.07) is -0.674. The van der Waals surface area contributed by atoms with E-state index in [1.165, 1.54) is 9.80 Å². The molecule has 2 aliphatic rings. The van der Waals surface area contributed by atoms with E-state index in [9.17, 15) is 19.2 Å². The quantitative estimate of drug-likeness (QED) is 0.309. The highest BCUT2D eigenvalue weighted by Crippen LogP contribution is 2.22. The largest absolute Gasteiger partial charge is 0.447 e. The van der Waals surface area contributed by atoms with Gasteiger partial charge in [0.2, 0.25) is 11.8 Å². The molecule has 2 saturated heterocycles. The van der Waals surface area contributed by atoms with Crippen LogP contribution in [-0.4, -0.2) is 74.6 Å². The molecule has 0 bridgehead atoms. The number of carbonyl (C=O) groups is 4. The summed E-state index contributed by atoms with van der Waals surface area (Å²) in [7, 11) is 4.01. The number of aryl methyl sites for hydroxylation is 2. The first kappa shape index (κ1) is 32.3. The van der Waals surface area contributed by atoms with Gasteiger partial charge in [-0.3, -0.25) is 9.59 Å². The van der Waals surface area contributed by atoms with Crippen LogP contribution in [0.15, 0.2) is 25.0 Å². The second-order valence-electron chi connectivity index (χ2n) is 12.1. The number of unbranched alkanes of at least 4 members (excludes halogenated alkanes) is 2. The number of hydrogen-bond donors (Lipinski definition) is 0. The third-order valence-corrected chi connectivity index (χ3v) is 9.22. The fraction of sp³-hybridized carbons (Fsp3) is 0.667. The van der Waals surface area contributed by atoms with E-state index in [1.807, 2.05) is 14.1 Å². The lowest BCUT2D eigenvalue weighted by molar-refractivity contribution is -0.690. The lowest BCUT2D eigenvalue weighted by Gasteiger charge is -2.33. The summed E-state index contributed by atoms with van der Waals surface area (Å²) >= 11 is 0. The van der Waals surface area contributed by atoms with Gasteiger partial charge in [0, 0.05) is 25.7 Å². The lowest BCUT2D eigenvalue weighted by atomic mass is 9.39. The third kappa shape index (κ3) is 6.50. The molecule has 4 rings (SSSR count). The summed E-state index contributed by atoms with van der Waals surface area (Å²) < 4.78 is 19.4. The second-order valence-corrected chi connectivity index (χ2v) is 12.1. The Balaban J connectivity index is 1.70. The molecule has 2 aromatic heterocycles. The van der Waals surface area contributed by atoms with Gasteiger partial charge < -0.3 is 18.4 Å². The molecule has 0 radical (unpaired) electrons. The maximum absolute atomic E-state index is 12.5. The molecule has 2 aliphatic heterocycles. The average molecular weight is 600 g/mol. The highest BCUT2D eigenvalue weighted by Gasteiger charge is 2.44. The first-order chi connectivity index (χ1) is 20.6. The van der Waals surface area contributed by atoms with Gasteiger partial charge in [0.1, 0.15) is 24.6 Å². The maximum atomic E-state index is 12.5. The van der Waals surface area contributed by atoms with Crippen LogP contribution in [0.4, 0.5) is 9.59 Å². The van der Waals surface area contributed by atoms with Gasteiger partial charge in [-0.1, -0.05) is 66.0 Å². The van der Waals surface area contributed by atoms with E-state index in [2.05, 4.69) is 57.0 Å². The van der Waals surface area contributed by atoms with Crippen LogP contribution in [0.25, 0.3) is 0 Å². The number of carbonyl (C=O) groups excluding carboxylic acids is 4. The Morgan fingerprint density at radius 3 is 1.51 bits per heavy atom. The maximum Gasteiger partial charge on any atom is 0.416 e. The number of amides is 4. The van der Waals surface area contributed by atoms with Crippen LogP contribution in [0.5, 0.6) is 0 Å². The Kier molecular flexibility index (Phi) is 10.3. The molecule has 0 N–H and O–H groups in total. The van der Waals surface area contributed by atoms with Crippen LogP contribution in [0.1, 0.15) is 77.6 Å². The molecule has 12 nitrogen and oxygen atoms in total. The molecular formula is C30H48BN6O6+. The van der Waals surface area contributed by atoms with Crippen LogP contribution in [-0.2, 0) is 46.0 Å². The summed E-state index contributed by atoms with van der Waals surface area (Å²) in [6.45, 7) is 8.30. The van der Waals surface area contributed by atoms with Crippen molar-refractivity contribution in [3.8, 4) is 0 Å². The minimum atomic E-state index is -1.30. The molecule has 0 aliphatic carbocycles. The van der Waals surface area contributed by atoms with Crippen molar-refractivity contribution in [2.24, 2.45) is 14.1 Å². The number of imidazole rings is 2. The number of nitrogens with zero attached hydrogens (tertiary/aromatic N) is 6. The Hall–Kier alpha value is -3.64. The lowest BCUT2D eigenvalue weighted by Crippen LogP contribution is -2.80. The van der Waals surface area contributed by atoms with Gasteiger partial charge in [-0.15, -0.1) is 0 Å². The van der Waals surface area contributed by atoms with Crippen LogP contribution in [0.3, 0.4) is 0 Å². The molecule has 4 amide bonds. The fourth-order valence-corrected chi connectivity index (χ4v) is 6.67. The van der Waals surface area contributed by atoms with Crippen molar-refractivity contribution in [3.63, 3.8) is 0 Å². The van der Waals surface area contributed by atoms with Crippen molar-refractivity contribution in [3.05, 3.63) is 36.4 Å². The highest BCUT2D eigenvalue weighted by atomic mass is 16.6. The van der Waals surface area contributed by atoms with E-state index in [0.717, 1.165) is 49.7 Å². The second kappa shape index (κ2) is 13.8. The number of rotatable bonds is 14. The van der Waals surface area contributed by atoms with E-state index >= 15 is 0 Å². The molecule has 43 heavy (non-hydrogen) atoms. The number of hydrogen-bond acceptors (Lipinski definition) is 6. The average Bonchev–Trinajstić information content (AvgIpc) is 3.75. The number of cyclic esters (lactones) is 2. The minimum Gasteiger partial charge on any atom is -0.447 e. The van der Waals surface area contributed by atoms with Gasteiger partial charge in [-0.25, -0.2) is 28.5 Å². The Labute approximate surface area is 254 Å². The van der Waals surface area contributed by atoms with Crippen LogP contribution in [0.2, 0.25) is 12.6 Å². The zero-order valence-electron chi connectivity index (χ0n) is 26.7. The van der Waals surface area contributed by atoms with Crippen molar-refractivity contribution in [1.29, 1.82) is 0 Å². The predicted octanol–water partition coefficient (Wildman–Crippen LogP) is 2.98. The van der Waals surface area contributed by atoms with Crippen LogP contribution >= 0.6 is 0 Å². The molecule has 236 valence electrons. The van der Waals surface area contributed by atoms with Gasteiger partial charge >= 0.3 is 18.6 Å². The predicted molar refractivity (Wildman–Crippen MR) is 159 cm³/mol. The van der Waals surface area contributed by atoms with E-state index in [4.69, 9.17) is 9.47 Å². The Bertz CT molecular complexity index is 1240. The normalized spacial score (nSPS) is 18.8. The van der Waals surface area contributed by atoms with Crippen molar-refractivity contribution in [2.75, 3.05) is 13.2 Å². The molecular weight excluding hydrogens is 551 g/mol. The SMILES string of the molecule is CCCC[B-](CCCC)([n+]1cc(C[C@H]2COC(=O)N2C(=O)CC)n(C)c1)[n+]1cc(C[C@H]2COC(=O)N2C(=O)CC)n(C)c1. The van der Waals surface area contributed by atoms with E-state index in [1.54, 1.807) is 13.8 Å². The molecule has 2 atom stereocenters. The van der Waals surface area contributed by atoms with Gasteiger partial charge in [0.05, 0.1) is 38.6 Å². The number of aromatic nitrogens is 4. The van der Waals surface area contributed by atoms with Gasteiger partial charge in [0.25, 0.3) is 0 Å². The standard InChI is InChI=1S/C30H48BN6O6/c1-7-11-13-31(14-12-8-2,34-17-23(32(5)21-34)15-25-19-42-29(40)36(25)27(38)9-3)35-18-24(33(6)22-35)16-26-20-43-30(41)37(26)28(39)10-4/h17-18,21-22,25-26H,7-16,19-20H2,1-6H3/q+1/t25-,26-/m0/s1. The summed E-state index contributed by atoms with van der Waals surface area (Å²) in [5, 5.41) is 0. The third-order valence-electron chi connectivity index (χ3n) is 9.22. The zero-order valence-corrected chi connectivity index (χ0v) is 26.7. The van der Waals surface area contributed by atoms with Crippen molar-refractivity contribution in [1.82, 2.24) is 18.9 Å². The van der Waals surface area contributed by atoms with Crippen LogP contribution < -0.4 is 8.96 Å². The summed E-state index contributed by atoms with van der Waals surface area (Å²) in [5.74, 6) is -0.444. The minimum absolute atomic E-state index is 0.194.